The minimum atomic E-state index is -4.47. The topological polar surface area (TPSA) is 81.9 Å². The van der Waals surface area contributed by atoms with Gasteiger partial charge in [-0.2, -0.15) is 18.3 Å². The molecule has 0 fully saturated rings. The Balaban J connectivity index is 1.80. The Hall–Kier alpha value is -3.43. The van der Waals surface area contributed by atoms with Crippen LogP contribution in [0.3, 0.4) is 0 Å². The Morgan fingerprint density at radius 1 is 1.11 bits per heavy atom. The molecule has 3 heterocycles. The van der Waals surface area contributed by atoms with Gasteiger partial charge in [0, 0.05) is 12.3 Å². The molecule has 0 saturated heterocycles. The second kappa shape index (κ2) is 7.06. The fourth-order valence-electron chi connectivity index (χ4n) is 2.32. The summed E-state index contributed by atoms with van der Waals surface area (Å²) in [5.74, 6) is 0.147. The van der Waals surface area contributed by atoms with Crippen LogP contribution < -0.4 is 10.1 Å². The Labute approximate surface area is 151 Å². The number of halogens is 3. The van der Waals surface area contributed by atoms with E-state index in [1.807, 2.05) is 0 Å². The van der Waals surface area contributed by atoms with Crippen molar-refractivity contribution in [2.24, 2.45) is 0 Å². The van der Waals surface area contributed by atoms with Gasteiger partial charge in [0.15, 0.2) is 5.82 Å². The number of hydrogen-bond donors (Lipinski definition) is 1. The molecule has 140 valence electrons. The van der Waals surface area contributed by atoms with Crippen LogP contribution in [0.1, 0.15) is 21.6 Å². The molecule has 3 aromatic heterocycles. The first kappa shape index (κ1) is 18.4. The smallest absolute Gasteiger partial charge is 0.417 e. The highest BCUT2D eigenvalue weighted by Gasteiger charge is 2.30. The maximum absolute atomic E-state index is 12.6. The van der Waals surface area contributed by atoms with E-state index in [0.29, 0.717) is 17.3 Å². The monoisotopic (exact) mass is 377 g/mol. The molecule has 1 amide bonds. The standard InChI is InChI=1S/C17H14F3N5O2/c1-10-13(16(26)24-12-4-6-15(27-2)22-8-12)9-23-25(10)14-5-3-11(7-21-14)17(18,19)20/h3-9H,1-2H3,(H,24,26). The lowest BCUT2D eigenvalue weighted by molar-refractivity contribution is -0.137. The van der Waals surface area contributed by atoms with Crippen LogP contribution >= 0.6 is 0 Å². The lowest BCUT2D eigenvalue weighted by atomic mass is 10.2. The van der Waals surface area contributed by atoms with Gasteiger partial charge in [-0.05, 0) is 25.1 Å². The molecule has 3 rings (SSSR count). The number of pyridine rings is 2. The molecule has 0 radical (unpaired) electrons. The number of alkyl halides is 3. The van der Waals surface area contributed by atoms with Crippen molar-refractivity contribution in [1.82, 2.24) is 19.7 Å². The zero-order chi connectivity index (χ0) is 19.6. The maximum Gasteiger partial charge on any atom is 0.417 e. The second-order valence-electron chi connectivity index (χ2n) is 5.50. The number of rotatable bonds is 4. The van der Waals surface area contributed by atoms with Crippen molar-refractivity contribution >= 4 is 11.6 Å². The molecular formula is C17H14F3N5O2. The number of aromatic nitrogens is 4. The molecule has 0 aliphatic carbocycles. The summed E-state index contributed by atoms with van der Waals surface area (Å²) in [5.41, 5.74) is 0.287. The van der Waals surface area contributed by atoms with Crippen LogP contribution in [0.4, 0.5) is 18.9 Å². The summed E-state index contributed by atoms with van der Waals surface area (Å²) in [7, 11) is 1.48. The molecule has 0 bridgehead atoms. The second-order valence-corrected chi connectivity index (χ2v) is 5.50. The summed E-state index contributed by atoms with van der Waals surface area (Å²) in [4.78, 5) is 20.2. The number of hydrogen-bond acceptors (Lipinski definition) is 5. The van der Waals surface area contributed by atoms with Crippen LogP contribution in [0, 0.1) is 6.92 Å². The van der Waals surface area contributed by atoms with E-state index in [1.54, 1.807) is 19.1 Å². The van der Waals surface area contributed by atoms with E-state index >= 15 is 0 Å². The molecule has 0 atom stereocenters. The van der Waals surface area contributed by atoms with E-state index in [4.69, 9.17) is 4.74 Å². The van der Waals surface area contributed by atoms with Crippen LogP contribution in [0.2, 0.25) is 0 Å². The Morgan fingerprint density at radius 2 is 1.89 bits per heavy atom. The fourth-order valence-corrected chi connectivity index (χ4v) is 2.32. The van der Waals surface area contributed by atoms with Crippen molar-refractivity contribution < 1.29 is 22.7 Å². The van der Waals surface area contributed by atoms with Gasteiger partial charge in [-0.3, -0.25) is 4.79 Å². The van der Waals surface area contributed by atoms with Crippen LogP contribution in [-0.4, -0.2) is 32.8 Å². The molecule has 0 aromatic carbocycles. The predicted octanol–water partition coefficient (Wildman–Crippen LogP) is 3.25. The van der Waals surface area contributed by atoms with Crippen LogP contribution in [0.5, 0.6) is 5.88 Å². The Bertz CT molecular complexity index is 950. The number of nitrogens with zero attached hydrogens (tertiary/aromatic N) is 4. The molecule has 7 nitrogen and oxygen atoms in total. The van der Waals surface area contributed by atoms with E-state index in [1.165, 1.54) is 30.3 Å². The van der Waals surface area contributed by atoms with Gasteiger partial charge in [-0.15, -0.1) is 0 Å². The van der Waals surface area contributed by atoms with Crippen LogP contribution in [-0.2, 0) is 6.18 Å². The van der Waals surface area contributed by atoms with Gasteiger partial charge < -0.3 is 10.1 Å². The summed E-state index contributed by atoms with van der Waals surface area (Å²) >= 11 is 0. The first-order valence-electron chi connectivity index (χ1n) is 7.69. The van der Waals surface area contributed by atoms with E-state index in [0.717, 1.165) is 12.3 Å². The molecule has 10 heteroatoms. The van der Waals surface area contributed by atoms with Crippen molar-refractivity contribution in [3.05, 3.63) is 59.7 Å². The molecule has 0 unspecified atom stereocenters. The molecular weight excluding hydrogens is 363 g/mol. The lowest BCUT2D eigenvalue weighted by Crippen LogP contribution is -2.13. The average Bonchev–Trinajstić information content (AvgIpc) is 3.03. The molecule has 0 saturated carbocycles. The summed E-state index contributed by atoms with van der Waals surface area (Å²) < 4.78 is 44.2. The number of ether oxygens (including phenoxy) is 1. The first-order valence-corrected chi connectivity index (χ1v) is 7.69. The quantitative estimate of drug-likeness (QED) is 0.755. The molecule has 0 spiro atoms. The van der Waals surface area contributed by atoms with Gasteiger partial charge in [0.25, 0.3) is 5.91 Å². The largest absolute Gasteiger partial charge is 0.481 e. The van der Waals surface area contributed by atoms with Crippen molar-refractivity contribution in [2.75, 3.05) is 12.4 Å². The fraction of sp³-hybridized carbons (Fsp3) is 0.176. The van der Waals surface area contributed by atoms with Crippen molar-refractivity contribution in [3.63, 3.8) is 0 Å². The highest BCUT2D eigenvalue weighted by atomic mass is 19.4. The number of carbonyl (C=O) groups excluding carboxylic acids is 1. The van der Waals surface area contributed by atoms with Crippen LogP contribution in [0.25, 0.3) is 5.82 Å². The zero-order valence-corrected chi connectivity index (χ0v) is 14.3. The Morgan fingerprint density at radius 3 is 2.44 bits per heavy atom. The predicted molar refractivity (Wildman–Crippen MR) is 89.8 cm³/mol. The first-order chi connectivity index (χ1) is 12.8. The van der Waals surface area contributed by atoms with E-state index in [9.17, 15) is 18.0 Å². The molecule has 27 heavy (non-hydrogen) atoms. The Kier molecular flexibility index (Phi) is 4.80. The zero-order valence-electron chi connectivity index (χ0n) is 14.3. The third-order valence-electron chi connectivity index (χ3n) is 3.75. The van der Waals surface area contributed by atoms with E-state index in [-0.39, 0.29) is 11.4 Å². The number of carbonyl (C=O) groups is 1. The maximum atomic E-state index is 12.6. The summed E-state index contributed by atoms with van der Waals surface area (Å²) in [5, 5.41) is 6.71. The van der Waals surface area contributed by atoms with E-state index in [2.05, 4.69) is 20.4 Å². The SMILES string of the molecule is COc1ccc(NC(=O)c2cnn(-c3ccc(C(F)(F)F)cn3)c2C)cn1. The third kappa shape index (κ3) is 3.89. The van der Waals surface area contributed by atoms with Crippen molar-refractivity contribution in [3.8, 4) is 11.7 Å². The molecule has 3 aromatic rings. The molecule has 1 N–H and O–H groups in total. The highest BCUT2D eigenvalue weighted by molar-refractivity contribution is 6.04. The van der Waals surface area contributed by atoms with Gasteiger partial charge in [-0.25, -0.2) is 14.6 Å². The highest BCUT2D eigenvalue weighted by Crippen LogP contribution is 2.28. The molecule has 0 aliphatic rings. The summed E-state index contributed by atoms with van der Waals surface area (Å²) in [6, 6.07) is 5.32. The van der Waals surface area contributed by atoms with Crippen molar-refractivity contribution in [1.29, 1.82) is 0 Å². The number of methoxy groups -OCH3 is 1. The minimum absolute atomic E-state index is 0.172. The van der Waals surface area contributed by atoms with E-state index < -0.39 is 17.6 Å². The van der Waals surface area contributed by atoms with Crippen molar-refractivity contribution in [2.45, 2.75) is 13.1 Å². The van der Waals surface area contributed by atoms with Gasteiger partial charge in [0.05, 0.1) is 42.0 Å². The summed E-state index contributed by atoms with van der Waals surface area (Å²) in [6.45, 7) is 1.62. The lowest BCUT2D eigenvalue weighted by Gasteiger charge is -2.08. The van der Waals surface area contributed by atoms with Gasteiger partial charge in [-0.1, -0.05) is 0 Å². The number of nitrogens with one attached hydrogen (secondary N) is 1. The summed E-state index contributed by atoms with van der Waals surface area (Å²) in [6.07, 6.45) is -0.990. The normalized spacial score (nSPS) is 11.3. The van der Waals surface area contributed by atoms with Crippen LogP contribution in [0.15, 0.2) is 42.9 Å². The number of amides is 1. The average molecular weight is 377 g/mol. The number of anilines is 1. The van der Waals surface area contributed by atoms with Gasteiger partial charge in [0.2, 0.25) is 5.88 Å². The van der Waals surface area contributed by atoms with Gasteiger partial charge in [0.1, 0.15) is 0 Å². The minimum Gasteiger partial charge on any atom is -0.481 e. The third-order valence-corrected chi connectivity index (χ3v) is 3.75. The molecule has 0 aliphatic heterocycles. The van der Waals surface area contributed by atoms with Gasteiger partial charge >= 0.3 is 6.18 Å².